The fourth-order valence-electron chi connectivity index (χ4n) is 6.56. The minimum absolute atomic E-state index is 0.128. The lowest BCUT2D eigenvalue weighted by atomic mass is 9.49. The van der Waals surface area contributed by atoms with Crippen LogP contribution in [0, 0.1) is 30.1 Å². The summed E-state index contributed by atoms with van der Waals surface area (Å²) >= 11 is 0. The molecular weight excluding hydrogens is 366 g/mol. The van der Waals surface area contributed by atoms with E-state index in [1.807, 2.05) is 12.1 Å². The fraction of sp³-hybridized carbons (Fsp3) is 0.500. The van der Waals surface area contributed by atoms with E-state index in [1.165, 1.54) is 44.6 Å². The maximum absolute atomic E-state index is 12.7. The number of esters is 1. The number of nitrogens with zero attached hydrogens (tertiary/aromatic N) is 1. The van der Waals surface area contributed by atoms with Gasteiger partial charge in [-0.3, -0.25) is 9.59 Å². The zero-order valence-electron chi connectivity index (χ0n) is 16.8. The number of benzene rings is 1. The molecule has 4 saturated carbocycles. The molecule has 1 aromatic heterocycles. The van der Waals surface area contributed by atoms with Crippen molar-refractivity contribution in [1.82, 2.24) is 4.57 Å². The molecule has 0 saturated heterocycles. The third-order valence-electron chi connectivity index (χ3n) is 7.34. The molecule has 4 aliphatic carbocycles. The first-order chi connectivity index (χ1) is 13.9. The van der Waals surface area contributed by atoms with Crippen molar-refractivity contribution in [2.45, 2.75) is 51.9 Å². The number of hydrogen-bond donors (Lipinski definition) is 1. The van der Waals surface area contributed by atoms with Crippen molar-refractivity contribution >= 4 is 5.97 Å². The Morgan fingerprint density at radius 3 is 2.24 bits per heavy atom. The summed E-state index contributed by atoms with van der Waals surface area (Å²) in [5, 5.41) is 9.87. The number of aromatic hydroxyl groups is 1. The summed E-state index contributed by atoms with van der Waals surface area (Å²) in [6.45, 7) is 1.69. The molecule has 6 rings (SSSR count). The summed E-state index contributed by atoms with van der Waals surface area (Å²) in [6.07, 6.45) is 9.87. The highest BCUT2D eigenvalue weighted by Crippen LogP contribution is 2.61. The van der Waals surface area contributed by atoms with Gasteiger partial charge in [0.15, 0.2) is 5.75 Å². The molecule has 1 N–H and O–H groups in total. The summed E-state index contributed by atoms with van der Waals surface area (Å²) < 4.78 is 7.40. The van der Waals surface area contributed by atoms with Crippen molar-refractivity contribution in [2.75, 3.05) is 0 Å². The minimum Gasteiger partial charge on any atom is -0.503 e. The number of pyridine rings is 1. The Balaban J connectivity index is 1.27. The van der Waals surface area contributed by atoms with Gasteiger partial charge in [-0.1, -0.05) is 0 Å². The van der Waals surface area contributed by atoms with Crippen LogP contribution in [0.5, 0.6) is 11.5 Å². The molecule has 1 heterocycles. The lowest BCUT2D eigenvalue weighted by Gasteiger charge is -2.56. The lowest BCUT2D eigenvalue weighted by Crippen LogP contribution is -2.47. The Hall–Kier alpha value is -2.56. The van der Waals surface area contributed by atoms with Gasteiger partial charge in [-0.05, 0) is 92.9 Å². The van der Waals surface area contributed by atoms with Crippen LogP contribution in [0.1, 0.15) is 50.6 Å². The molecule has 1 aromatic carbocycles. The first-order valence-electron chi connectivity index (χ1n) is 10.6. The van der Waals surface area contributed by atoms with Gasteiger partial charge in [0.1, 0.15) is 5.75 Å². The van der Waals surface area contributed by atoms with Gasteiger partial charge < -0.3 is 14.4 Å². The quantitative estimate of drug-likeness (QED) is 0.619. The van der Waals surface area contributed by atoms with Crippen molar-refractivity contribution < 1.29 is 14.6 Å². The second-order valence-electron chi connectivity index (χ2n) is 9.55. The highest BCUT2D eigenvalue weighted by Gasteiger charge is 2.51. The van der Waals surface area contributed by atoms with Crippen molar-refractivity contribution in [2.24, 2.45) is 23.2 Å². The van der Waals surface area contributed by atoms with Crippen molar-refractivity contribution in [3.63, 3.8) is 0 Å². The molecule has 5 heteroatoms. The standard InChI is InChI=1S/C24H27NO4/c1-15-23(28)21(26)6-7-25(15)19-2-4-20(5-3-19)29-22(27)14-24-11-16-8-17(12-24)10-18(9-16)13-24/h2-7,16-18,28H,8-14H2,1H3. The van der Waals surface area contributed by atoms with E-state index in [0.29, 0.717) is 17.9 Å². The van der Waals surface area contributed by atoms with Crippen LogP contribution in [-0.2, 0) is 4.79 Å². The van der Waals surface area contributed by atoms with Crippen LogP contribution in [-0.4, -0.2) is 15.6 Å². The third kappa shape index (κ3) is 3.37. The third-order valence-corrected chi connectivity index (χ3v) is 7.34. The molecule has 0 atom stereocenters. The van der Waals surface area contributed by atoms with Crippen LogP contribution in [0.25, 0.3) is 5.69 Å². The van der Waals surface area contributed by atoms with Gasteiger partial charge in [0, 0.05) is 18.0 Å². The Bertz CT molecular complexity index is 969. The molecule has 0 aliphatic heterocycles. The largest absolute Gasteiger partial charge is 0.503 e. The van der Waals surface area contributed by atoms with Crippen LogP contribution < -0.4 is 10.2 Å². The molecule has 5 nitrogen and oxygen atoms in total. The average Bonchev–Trinajstić information content (AvgIpc) is 2.65. The van der Waals surface area contributed by atoms with E-state index < -0.39 is 5.43 Å². The van der Waals surface area contributed by atoms with E-state index in [-0.39, 0.29) is 17.1 Å². The summed E-state index contributed by atoms with van der Waals surface area (Å²) in [7, 11) is 0. The van der Waals surface area contributed by atoms with Crippen LogP contribution in [0.4, 0.5) is 0 Å². The molecule has 2 aromatic rings. The number of ether oxygens (including phenoxy) is 1. The van der Waals surface area contributed by atoms with E-state index in [4.69, 9.17) is 4.74 Å². The predicted octanol–water partition coefficient (Wildman–Crippen LogP) is 4.36. The first kappa shape index (κ1) is 18.5. The predicted molar refractivity (Wildman–Crippen MR) is 109 cm³/mol. The number of aromatic nitrogens is 1. The first-order valence-corrected chi connectivity index (χ1v) is 10.6. The topological polar surface area (TPSA) is 68.5 Å². The maximum Gasteiger partial charge on any atom is 0.311 e. The smallest absolute Gasteiger partial charge is 0.311 e. The molecule has 0 amide bonds. The monoisotopic (exact) mass is 393 g/mol. The number of carbonyl (C=O) groups is 1. The number of hydrogen-bond acceptors (Lipinski definition) is 4. The summed E-state index contributed by atoms with van der Waals surface area (Å²) in [5.74, 6) is 2.63. The van der Waals surface area contributed by atoms with E-state index >= 15 is 0 Å². The summed E-state index contributed by atoms with van der Waals surface area (Å²) in [5.41, 5.74) is 1.05. The van der Waals surface area contributed by atoms with Gasteiger partial charge in [0.25, 0.3) is 0 Å². The van der Waals surface area contributed by atoms with Crippen molar-refractivity contribution in [3.8, 4) is 17.2 Å². The van der Waals surface area contributed by atoms with Gasteiger partial charge in [-0.25, -0.2) is 0 Å². The minimum atomic E-state index is -0.394. The van der Waals surface area contributed by atoms with E-state index in [9.17, 15) is 14.7 Å². The SMILES string of the molecule is Cc1c(O)c(=O)ccn1-c1ccc(OC(=O)CC23CC4CC(CC(C4)C2)C3)cc1. The zero-order valence-corrected chi connectivity index (χ0v) is 16.8. The molecule has 4 aliphatic rings. The van der Waals surface area contributed by atoms with Gasteiger partial charge in [-0.15, -0.1) is 0 Å². The van der Waals surface area contributed by atoms with Gasteiger partial charge in [0.05, 0.1) is 12.1 Å². The Labute approximate surface area is 170 Å². The second kappa shape index (κ2) is 6.75. The van der Waals surface area contributed by atoms with Crippen LogP contribution >= 0.6 is 0 Å². The highest BCUT2D eigenvalue weighted by molar-refractivity contribution is 5.73. The van der Waals surface area contributed by atoms with E-state index in [0.717, 1.165) is 23.4 Å². The molecule has 0 radical (unpaired) electrons. The van der Waals surface area contributed by atoms with Crippen molar-refractivity contribution in [3.05, 3.63) is 52.4 Å². The molecule has 0 unspecified atom stereocenters. The highest BCUT2D eigenvalue weighted by atomic mass is 16.5. The lowest BCUT2D eigenvalue weighted by molar-refractivity contribution is -0.142. The molecule has 29 heavy (non-hydrogen) atoms. The number of rotatable bonds is 4. The van der Waals surface area contributed by atoms with Gasteiger partial charge in [0.2, 0.25) is 5.43 Å². The molecule has 4 fully saturated rings. The molecular formula is C24H27NO4. The summed E-state index contributed by atoms with van der Waals surface area (Å²) in [4.78, 5) is 24.2. The zero-order chi connectivity index (χ0) is 20.2. The fourth-order valence-corrected chi connectivity index (χ4v) is 6.56. The normalized spacial score (nSPS) is 29.8. The van der Waals surface area contributed by atoms with E-state index in [1.54, 1.807) is 29.8 Å². The van der Waals surface area contributed by atoms with Crippen LogP contribution in [0.3, 0.4) is 0 Å². The van der Waals surface area contributed by atoms with Crippen LogP contribution in [0.2, 0.25) is 0 Å². The Kier molecular flexibility index (Phi) is 4.30. The van der Waals surface area contributed by atoms with Crippen LogP contribution in [0.15, 0.2) is 41.3 Å². The molecule has 152 valence electrons. The van der Waals surface area contributed by atoms with Gasteiger partial charge in [-0.2, -0.15) is 0 Å². The maximum atomic E-state index is 12.7. The molecule has 0 spiro atoms. The Morgan fingerprint density at radius 2 is 1.66 bits per heavy atom. The number of carbonyl (C=O) groups excluding carboxylic acids is 1. The van der Waals surface area contributed by atoms with Gasteiger partial charge >= 0.3 is 5.97 Å². The average molecular weight is 393 g/mol. The molecule has 4 bridgehead atoms. The van der Waals surface area contributed by atoms with Crippen molar-refractivity contribution in [1.29, 1.82) is 0 Å². The van der Waals surface area contributed by atoms with E-state index in [2.05, 4.69) is 0 Å². The Morgan fingerprint density at radius 1 is 1.07 bits per heavy atom. The summed E-state index contributed by atoms with van der Waals surface area (Å²) in [6, 6.07) is 8.51. The second-order valence-corrected chi connectivity index (χ2v) is 9.55.